The van der Waals surface area contributed by atoms with Crippen LogP contribution in [0.3, 0.4) is 0 Å². The zero-order valence-electron chi connectivity index (χ0n) is 13.6. The van der Waals surface area contributed by atoms with E-state index in [4.69, 9.17) is 16.3 Å². The second-order valence-corrected chi connectivity index (χ2v) is 6.83. The quantitative estimate of drug-likeness (QED) is 0.694. The van der Waals surface area contributed by atoms with E-state index in [1.54, 1.807) is 18.2 Å². The number of nitrogens with zero attached hydrogens (tertiary/aromatic N) is 1. The van der Waals surface area contributed by atoms with Gasteiger partial charge < -0.3 is 4.74 Å². The summed E-state index contributed by atoms with van der Waals surface area (Å²) in [6.45, 7) is 2.76. The van der Waals surface area contributed by atoms with Crippen molar-refractivity contribution in [2.45, 2.75) is 13.5 Å². The third-order valence-electron chi connectivity index (χ3n) is 3.62. The van der Waals surface area contributed by atoms with Gasteiger partial charge in [0.05, 0.1) is 18.1 Å². The number of ether oxygens (including phenoxy) is 1. The minimum absolute atomic E-state index is 0.239. The highest BCUT2D eigenvalue weighted by Gasteiger charge is 2.34. The number of halogens is 1. The van der Waals surface area contributed by atoms with Crippen molar-refractivity contribution in [3.8, 4) is 5.75 Å². The number of thioether (sulfide) groups is 1. The fourth-order valence-electron chi connectivity index (χ4n) is 2.39. The standard InChI is InChI=1S/C19H16ClNO3S/c1-2-24-16-9-5-13(6-10-16)11-17-18(22)21(19(23)25-17)12-14-3-7-15(20)8-4-14/h3-11H,2,12H2,1H3/b17-11-. The number of carbonyl (C=O) groups is 2. The smallest absolute Gasteiger partial charge is 0.293 e. The van der Waals surface area contributed by atoms with Crippen LogP contribution in [0.15, 0.2) is 53.4 Å². The molecule has 25 heavy (non-hydrogen) atoms. The van der Waals surface area contributed by atoms with E-state index in [0.29, 0.717) is 16.5 Å². The predicted molar refractivity (Wildman–Crippen MR) is 101 cm³/mol. The predicted octanol–water partition coefficient (Wildman–Crippen LogP) is 4.98. The number of imide groups is 1. The summed E-state index contributed by atoms with van der Waals surface area (Å²) in [5.74, 6) is 0.495. The molecule has 2 aromatic carbocycles. The zero-order valence-corrected chi connectivity index (χ0v) is 15.1. The number of rotatable bonds is 5. The molecule has 4 nitrogen and oxygen atoms in total. The maximum Gasteiger partial charge on any atom is 0.293 e. The molecule has 0 unspecified atom stereocenters. The van der Waals surface area contributed by atoms with Gasteiger partial charge in [0.25, 0.3) is 11.1 Å². The molecule has 0 N–H and O–H groups in total. The summed E-state index contributed by atoms with van der Waals surface area (Å²) in [5.41, 5.74) is 1.70. The molecule has 1 saturated heterocycles. The summed E-state index contributed by atoms with van der Waals surface area (Å²) in [6.07, 6.45) is 1.72. The second kappa shape index (κ2) is 7.76. The Kier molecular flexibility index (Phi) is 5.46. The van der Waals surface area contributed by atoms with E-state index in [1.165, 1.54) is 4.90 Å². The molecule has 0 radical (unpaired) electrons. The van der Waals surface area contributed by atoms with Crippen molar-refractivity contribution in [2.24, 2.45) is 0 Å². The van der Waals surface area contributed by atoms with Gasteiger partial charge in [-0.05, 0) is 60.2 Å². The van der Waals surface area contributed by atoms with E-state index in [9.17, 15) is 9.59 Å². The van der Waals surface area contributed by atoms with Gasteiger partial charge in [-0.25, -0.2) is 0 Å². The van der Waals surface area contributed by atoms with Gasteiger partial charge >= 0.3 is 0 Å². The molecule has 1 heterocycles. The maximum absolute atomic E-state index is 12.5. The van der Waals surface area contributed by atoms with Gasteiger partial charge in [0.1, 0.15) is 5.75 Å². The first kappa shape index (κ1) is 17.6. The highest BCUT2D eigenvalue weighted by molar-refractivity contribution is 8.18. The molecule has 0 bridgehead atoms. The number of carbonyl (C=O) groups excluding carboxylic acids is 2. The van der Waals surface area contributed by atoms with E-state index < -0.39 is 0 Å². The van der Waals surface area contributed by atoms with E-state index in [-0.39, 0.29) is 17.7 Å². The van der Waals surface area contributed by atoms with Crippen LogP contribution in [0.5, 0.6) is 5.75 Å². The van der Waals surface area contributed by atoms with Crippen LogP contribution in [0.4, 0.5) is 4.79 Å². The first-order valence-corrected chi connectivity index (χ1v) is 8.99. The summed E-state index contributed by atoms with van der Waals surface area (Å²) in [4.78, 5) is 26.4. The monoisotopic (exact) mass is 373 g/mol. The molecular formula is C19H16ClNO3S. The fraction of sp³-hybridized carbons (Fsp3) is 0.158. The Labute approximate surface area is 155 Å². The van der Waals surface area contributed by atoms with Gasteiger partial charge in [-0.2, -0.15) is 0 Å². The lowest BCUT2D eigenvalue weighted by atomic mass is 10.2. The molecule has 6 heteroatoms. The van der Waals surface area contributed by atoms with Crippen molar-refractivity contribution in [1.82, 2.24) is 4.90 Å². The van der Waals surface area contributed by atoms with Crippen LogP contribution in [0.1, 0.15) is 18.1 Å². The molecule has 2 amide bonds. The average Bonchev–Trinajstić information content (AvgIpc) is 2.86. The molecule has 0 aliphatic carbocycles. The largest absolute Gasteiger partial charge is 0.494 e. The topological polar surface area (TPSA) is 46.6 Å². The summed E-state index contributed by atoms with van der Waals surface area (Å²) in [5, 5.41) is 0.352. The molecule has 0 aromatic heterocycles. The van der Waals surface area contributed by atoms with Crippen LogP contribution in [0.25, 0.3) is 6.08 Å². The van der Waals surface area contributed by atoms with Gasteiger partial charge in [0.2, 0.25) is 0 Å². The Balaban J connectivity index is 1.74. The van der Waals surface area contributed by atoms with Crippen molar-refractivity contribution < 1.29 is 14.3 Å². The molecule has 3 rings (SSSR count). The average molecular weight is 374 g/mol. The van der Waals surface area contributed by atoms with Crippen LogP contribution in [-0.2, 0) is 11.3 Å². The number of hydrogen-bond donors (Lipinski definition) is 0. The molecule has 128 valence electrons. The third-order valence-corrected chi connectivity index (χ3v) is 4.78. The van der Waals surface area contributed by atoms with Gasteiger partial charge in [0, 0.05) is 5.02 Å². The lowest BCUT2D eigenvalue weighted by Gasteiger charge is -2.12. The van der Waals surface area contributed by atoms with E-state index in [0.717, 1.165) is 28.6 Å². The van der Waals surface area contributed by atoms with Crippen molar-refractivity contribution >= 4 is 40.6 Å². The molecule has 0 atom stereocenters. The summed E-state index contributed by atoms with van der Waals surface area (Å²) < 4.78 is 5.40. The fourth-order valence-corrected chi connectivity index (χ4v) is 3.35. The second-order valence-electron chi connectivity index (χ2n) is 5.40. The molecule has 0 saturated carbocycles. The van der Waals surface area contributed by atoms with Crippen LogP contribution in [-0.4, -0.2) is 22.7 Å². The SMILES string of the molecule is CCOc1ccc(/C=C2\SC(=O)N(Cc3ccc(Cl)cc3)C2=O)cc1. The molecule has 1 aliphatic rings. The van der Waals surface area contributed by atoms with E-state index in [2.05, 4.69) is 0 Å². The Bertz CT molecular complexity index is 816. The normalized spacial score (nSPS) is 15.9. The highest BCUT2D eigenvalue weighted by atomic mass is 35.5. The van der Waals surface area contributed by atoms with E-state index >= 15 is 0 Å². The first-order chi connectivity index (χ1) is 12.1. The van der Waals surface area contributed by atoms with Crippen LogP contribution in [0, 0.1) is 0 Å². The van der Waals surface area contributed by atoms with Crippen molar-refractivity contribution in [3.05, 3.63) is 69.6 Å². The minimum Gasteiger partial charge on any atom is -0.494 e. The van der Waals surface area contributed by atoms with Gasteiger partial charge in [0.15, 0.2) is 0 Å². The molecule has 2 aromatic rings. The van der Waals surface area contributed by atoms with Gasteiger partial charge in [-0.3, -0.25) is 14.5 Å². The summed E-state index contributed by atoms with van der Waals surface area (Å²) >= 11 is 6.82. The highest BCUT2D eigenvalue weighted by Crippen LogP contribution is 2.33. The number of amides is 2. The van der Waals surface area contributed by atoms with Crippen LogP contribution >= 0.6 is 23.4 Å². The van der Waals surface area contributed by atoms with Crippen molar-refractivity contribution in [3.63, 3.8) is 0 Å². The molecule has 1 aliphatic heterocycles. The minimum atomic E-state index is -0.279. The van der Waals surface area contributed by atoms with Gasteiger partial charge in [-0.15, -0.1) is 0 Å². The zero-order chi connectivity index (χ0) is 17.8. The molecule has 0 spiro atoms. The summed E-state index contributed by atoms with van der Waals surface area (Å²) in [6, 6.07) is 14.5. The Morgan fingerprint density at radius 3 is 2.40 bits per heavy atom. The third kappa shape index (κ3) is 4.24. The van der Waals surface area contributed by atoms with E-state index in [1.807, 2.05) is 43.3 Å². The van der Waals surface area contributed by atoms with Crippen molar-refractivity contribution in [2.75, 3.05) is 6.61 Å². The maximum atomic E-state index is 12.5. The number of hydrogen-bond acceptors (Lipinski definition) is 4. The van der Waals surface area contributed by atoms with Crippen molar-refractivity contribution in [1.29, 1.82) is 0 Å². The summed E-state index contributed by atoms with van der Waals surface area (Å²) in [7, 11) is 0. The molecule has 1 fully saturated rings. The van der Waals surface area contributed by atoms with Gasteiger partial charge in [-0.1, -0.05) is 35.9 Å². The van der Waals surface area contributed by atoms with Crippen LogP contribution in [0.2, 0.25) is 5.02 Å². The molecular weight excluding hydrogens is 358 g/mol. The Morgan fingerprint density at radius 1 is 1.08 bits per heavy atom. The lowest BCUT2D eigenvalue weighted by molar-refractivity contribution is -0.123. The lowest BCUT2D eigenvalue weighted by Crippen LogP contribution is -2.27. The first-order valence-electron chi connectivity index (χ1n) is 7.79. The number of benzene rings is 2. The Morgan fingerprint density at radius 2 is 1.76 bits per heavy atom. The van der Waals surface area contributed by atoms with Crippen LogP contribution < -0.4 is 4.74 Å². The Hall–Kier alpha value is -2.24.